The van der Waals surface area contributed by atoms with Gasteiger partial charge in [-0.3, -0.25) is 10.4 Å². The molecule has 0 radical (unpaired) electrons. The number of rotatable bonds is 2. The molecule has 0 fully saturated rings. The average Bonchev–Trinajstić information content (AvgIpc) is 2.91. The van der Waals surface area contributed by atoms with Crippen LogP contribution >= 0.6 is 11.6 Å². The van der Waals surface area contributed by atoms with Crippen molar-refractivity contribution >= 4 is 11.6 Å². The second-order valence-electron chi connectivity index (χ2n) is 4.14. The topological polar surface area (TPSA) is 49.6 Å². The van der Waals surface area contributed by atoms with E-state index in [1.54, 1.807) is 6.20 Å². The summed E-state index contributed by atoms with van der Waals surface area (Å²) in [5, 5.41) is 8.67. The van der Waals surface area contributed by atoms with Crippen molar-refractivity contribution in [3.8, 4) is 0 Å². The minimum absolute atomic E-state index is 0.507. The van der Waals surface area contributed by atoms with E-state index in [2.05, 4.69) is 20.7 Å². The van der Waals surface area contributed by atoms with Gasteiger partial charge in [0.25, 0.3) is 0 Å². The molecule has 1 aliphatic heterocycles. The summed E-state index contributed by atoms with van der Waals surface area (Å²) in [5.41, 5.74) is 4.54. The van der Waals surface area contributed by atoms with Crippen molar-refractivity contribution in [3.05, 3.63) is 64.9 Å². The van der Waals surface area contributed by atoms with Gasteiger partial charge in [-0.05, 0) is 12.1 Å². The zero-order valence-corrected chi connectivity index (χ0v) is 10.3. The Bertz CT molecular complexity index is 575. The predicted octanol–water partition coefficient (Wildman–Crippen LogP) is 2.95. The number of benzene rings is 1. The Hall–Kier alpha value is -1.94. The first-order chi connectivity index (χ1) is 8.83. The Labute approximate surface area is 110 Å². The number of nitrogens with zero attached hydrogens (tertiary/aromatic N) is 3. The first-order valence-corrected chi connectivity index (χ1v) is 6.00. The molecule has 2 heterocycles. The zero-order chi connectivity index (χ0) is 12.4. The molecule has 18 heavy (non-hydrogen) atoms. The minimum atomic E-state index is -0.507. The van der Waals surface area contributed by atoms with Crippen molar-refractivity contribution in [2.75, 3.05) is 6.54 Å². The summed E-state index contributed by atoms with van der Waals surface area (Å²) in [4.78, 5) is 4.16. The van der Waals surface area contributed by atoms with Crippen LogP contribution in [0.5, 0.6) is 0 Å². The number of halogens is 1. The minimum Gasteiger partial charge on any atom is -0.275 e. The van der Waals surface area contributed by atoms with Crippen LogP contribution in [0.25, 0.3) is 0 Å². The summed E-state index contributed by atoms with van der Waals surface area (Å²) in [7, 11) is 0. The van der Waals surface area contributed by atoms with E-state index in [0.29, 0.717) is 11.6 Å². The third kappa shape index (κ3) is 1.66. The Balaban J connectivity index is 2.17. The van der Waals surface area contributed by atoms with E-state index < -0.39 is 5.54 Å². The Morgan fingerprint density at radius 3 is 2.72 bits per heavy atom. The van der Waals surface area contributed by atoms with E-state index in [-0.39, 0.29) is 0 Å². The largest absolute Gasteiger partial charge is 0.275 e. The van der Waals surface area contributed by atoms with Crippen molar-refractivity contribution in [1.82, 2.24) is 10.4 Å². The molecule has 1 unspecified atom stereocenters. The summed E-state index contributed by atoms with van der Waals surface area (Å²) in [5.74, 6) is 0. The van der Waals surface area contributed by atoms with E-state index in [0.717, 1.165) is 11.1 Å². The van der Waals surface area contributed by atoms with Gasteiger partial charge >= 0.3 is 0 Å². The highest BCUT2D eigenvalue weighted by atomic mass is 35.5. The molecule has 1 aliphatic rings. The van der Waals surface area contributed by atoms with E-state index in [1.807, 2.05) is 42.6 Å². The van der Waals surface area contributed by atoms with Crippen molar-refractivity contribution in [2.45, 2.75) is 5.54 Å². The second kappa shape index (κ2) is 4.38. The number of pyridine rings is 1. The number of hydrogen-bond acceptors (Lipinski definition) is 4. The third-order valence-electron chi connectivity index (χ3n) is 3.11. The summed E-state index contributed by atoms with van der Waals surface area (Å²) in [6.07, 6.45) is 3.56. The molecular formula is C13H11ClN4. The summed E-state index contributed by atoms with van der Waals surface area (Å²) in [6, 6.07) is 11.6. The van der Waals surface area contributed by atoms with Crippen LogP contribution in [0.2, 0.25) is 5.02 Å². The normalized spacial score (nSPS) is 21.8. The highest BCUT2D eigenvalue weighted by molar-refractivity contribution is 6.31. The van der Waals surface area contributed by atoms with Gasteiger partial charge < -0.3 is 0 Å². The van der Waals surface area contributed by atoms with Gasteiger partial charge in [0.2, 0.25) is 0 Å². The lowest BCUT2D eigenvalue weighted by Gasteiger charge is -2.28. The summed E-state index contributed by atoms with van der Waals surface area (Å²) >= 11 is 6.30. The predicted molar refractivity (Wildman–Crippen MR) is 69.3 cm³/mol. The van der Waals surface area contributed by atoms with Crippen LogP contribution in [0.1, 0.15) is 11.1 Å². The lowest BCUT2D eigenvalue weighted by Crippen LogP contribution is -2.40. The molecule has 2 aromatic rings. The van der Waals surface area contributed by atoms with Gasteiger partial charge in [0.05, 0.1) is 6.54 Å². The first-order valence-electron chi connectivity index (χ1n) is 5.62. The molecule has 1 atom stereocenters. The molecule has 1 aromatic carbocycles. The molecule has 3 rings (SSSR count). The third-order valence-corrected chi connectivity index (χ3v) is 3.44. The van der Waals surface area contributed by atoms with Crippen molar-refractivity contribution in [2.24, 2.45) is 10.3 Å². The van der Waals surface area contributed by atoms with E-state index >= 15 is 0 Å². The van der Waals surface area contributed by atoms with Crippen LogP contribution in [0, 0.1) is 0 Å². The van der Waals surface area contributed by atoms with Gasteiger partial charge in [-0.15, -0.1) is 0 Å². The van der Waals surface area contributed by atoms with Crippen LogP contribution in [0.3, 0.4) is 0 Å². The van der Waals surface area contributed by atoms with Crippen LogP contribution in [-0.4, -0.2) is 11.5 Å². The molecule has 1 N–H and O–H groups in total. The van der Waals surface area contributed by atoms with Gasteiger partial charge in [0.15, 0.2) is 0 Å². The monoisotopic (exact) mass is 258 g/mol. The number of aromatic nitrogens is 1. The molecule has 1 aromatic heterocycles. The molecule has 4 nitrogen and oxygen atoms in total. The molecule has 0 aliphatic carbocycles. The maximum Gasteiger partial charge on any atom is 0.131 e. The molecule has 0 saturated heterocycles. The lowest BCUT2D eigenvalue weighted by atomic mass is 9.84. The fourth-order valence-electron chi connectivity index (χ4n) is 2.18. The smallest absolute Gasteiger partial charge is 0.131 e. The van der Waals surface area contributed by atoms with Crippen LogP contribution < -0.4 is 5.43 Å². The fraction of sp³-hybridized carbons (Fsp3) is 0.154. The molecule has 90 valence electrons. The summed E-state index contributed by atoms with van der Waals surface area (Å²) in [6.45, 7) is 0.516. The van der Waals surface area contributed by atoms with E-state index in [9.17, 15) is 0 Å². The standard InChI is InChI=1S/C13H11ClN4/c14-12-6-2-1-5-11(12)13(9-16-18-17-13)10-4-3-7-15-8-10/h1-8H,9H2,(H,16,17). The zero-order valence-electron chi connectivity index (χ0n) is 9.55. The van der Waals surface area contributed by atoms with Crippen LogP contribution in [0.15, 0.2) is 59.1 Å². The van der Waals surface area contributed by atoms with Crippen LogP contribution in [0.4, 0.5) is 0 Å². The van der Waals surface area contributed by atoms with Gasteiger partial charge in [-0.1, -0.05) is 41.1 Å². The van der Waals surface area contributed by atoms with E-state index in [1.165, 1.54) is 0 Å². The molecule has 0 saturated carbocycles. The lowest BCUT2D eigenvalue weighted by molar-refractivity contribution is 0.479. The van der Waals surface area contributed by atoms with Gasteiger partial charge in [-0.2, -0.15) is 5.11 Å². The quantitative estimate of drug-likeness (QED) is 0.900. The van der Waals surface area contributed by atoms with Gasteiger partial charge in [-0.25, -0.2) is 0 Å². The highest BCUT2D eigenvalue weighted by Gasteiger charge is 2.39. The SMILES string of the molecule is Clc1ccccc1C1(c2cccnc2)CN=NN1. The van der Waals surface area contributed by atoms with Crippen LogP contribution in [-0.2, 0) is 5.54 Å². The molecule has 0 amide bonds. The van der Waals surface area contributed by atoms with Crippen molar-refractivity contribution < 1.29 is 0 Å². The maximum atomic E-state index is 6.30. The summed E-state index contributed by atoms with van der Waals surface area (Å²) < 4.78 is 0. The Morgan fingerprint density at radius 2 is 2.06 bits per heavy atom. The first kappa shape index (κ1) is 11.2. The van der Waals surface area contributed by atoms with Gasteiger partial charge in [0.1, 0.15) is 5.54 Å². The van der Waals surface area contributed by atoms with E-state index in [4.69, 9.17) is 11.6 Å². The van der Waals surface area contributed by atoms with Gasteiger partial charge in [0, 0.05) is 28.5 Å². The molecule has 0 bridgehead atoms. The fourth-order valence-corrected chi connectivity index (χ4v) is 2.47. The molecule has 0 spiro atoms. The second-order valence-corrected chi connectivity index (χ2v) is 4.55. The number of nitrogens with one attached hydrogen (secondary N) is 1. The highest BCUT2D eigenvalue weighted by Crippen LogP contribution is 2.36. The average molecular weight is 259 g/mol. The molecule has 5 heteroatoms. The van der Waals surface area contributed by atoms with Crippen molar-refractivity contribution in [3.63, 3.8) is 0 Å². The Kier molecular flexibility index (Phi) is 2.72. The van der Waals surface area contributed by atoms with Crippen molar-refractivity contribution in [1.29, 1.82) is 0 Å². The Morgan fingerprint density at radius 1 is 1.17 bits per heavy atom. The maximum absolute atomic E-state index is 6.30. The molecular weight excluding hydrogens is 248 g/mol. The number of hydrogen-bond donors (Lipinski definition) is 1.